The number of alkyl halides is 1. The van der Waals surface area contributed by atoms with Crippen molar-refractivity contribution in [3.05, 3.63) is 100 Å². The Labute approximate surface area is 249 Å². The lowest BCUT2D eigenvalue weighted by Crippen LogP contribution is -2.37. The fraction of sp³-hybridized carbons (Fsp3) is 0.231. The molecule has 0 amide bonds. The van der Waals surface area contributed by atoms with E-state index >= 15 is 0 Å². The summed E-state index contributed by atoms with van der Waals surface area (Å²) in [4.78, 5) is 5.59. The molecule has 0 saturated carbocycles. The van der Waals surface area contributed by atoms with Crippen LogP contribution in [0.2, 0.25) is 10.0 Å². The Morgan fingerprint density at radius 2 is 1.64 bits per heavy atom. The predicted octanol–water partition coefficient (Wildman–Crippen LogP) is 5.44. The number of guanidine groups is 1. The molecular formula is C26H29Cl3N6O2S2. The first-order chi connectivity index (χ1) is 18.7. The van der Waals surface area contributed by atoms with E-state index in [2.05, 4.69) is 33.4 Å². The van der Waals surface area contributed by atoms with Crippen LogP contribution in [-0.2, 0) is 10.2 Å². The molecular weight excluding hydrogens is 599 g/mol. The zero-order valence-corrected chi connectivity index (χ0v) is 25.2. The number of nitrogens with one attached hydrogen (secondary N) is 1. The minimum atomic E-state index is -3.80. The number of rotatable bonds is 8. The maximum Gasteiger partial charge on any atom is 0.276 e. The highest BCUT2D eigenvalue weighted by Crippen LogP contribution is 2.30. The van der Waals surface area contributed by atoms with Crippen LogP contribution < -0.4 is 9.86 Å². The van der Waals surface area contributed by atoms with E-state index in [1.807, 2.05) is 71.7 Å². The lowest BCUT2D eigenvalue weighted by molar-refractivity contribution is 0.456. The topological polar surface area (TPSA) is 103 Å². The van der Waals surface area contributed by atoms with Gasteiger partial charge in [-0.2, -0.15) is 17.8 Å². The Hall–Kier alpha value is -2.31. The second-order valence-electron chi connectivity index (χ2n) is 8.27. The number of likely N-dealkylation sites (N-methyl/N-ethyl adjacent to an activating group) is 1. The van der Waals surface area contributed by atoms with Crippen LogP contribution in [0.15, 0.2) is 93.9 Å². The number of nitrogens with zero attached hydrogens (tertiary/aromatic N) is 4. The summed E-state index contributed by atoms with van der Waals surface area (Å²) in [5, 5.41) is 13.3. The third-order valence-corrected chi connectivity index (χ3v) is 8.03. The Morgan fingerprint density at radius 1 is 1.05 bits per heavy atom. The van der Waals surface area contributed by atoms with E-state index in [1.54, 1.807) is 0 Å². The maximum atomic E-state index is 11.6. The van der Waals surface area contributed by atoms with E-state index in [4.69, 9.17) is 33.4 Å². The molecule has 0 aliphatic carbocycles. The number of aliphatic imine (C=N–C) groups is 1. The monoisotopic (exact) mass is 626 g/mol. The molecule has 1 aliphatic heterocycles. The van der Waals surface area contributed by atoms with Crippen LogP contribution in [0.1, 0.15) is 17.0 Å². The van der Waals surface area contributed by atoms with Gasteiger partial charge < -0.3 is 0 Å². The van der Waals surface area contributed by atoms with Crippen LogP contribution in [0.5, 0.6) is 0 Å². The van der Waals surface area contributed by atoms with Crippen molar-refractivity contribution in [3.8, 4) is 0 Å². The molecule has 39 heavy (non-hydrogen) atoms. The van der Waals surface area contributed by atoms with Crippen LogP contribution >= 0.6 is 46.8 Å². The van der Waals surface area contributed by atoms with Crippen molar-refractivity contribution in [2.75, 3.05) is 33.1 Å². The second kappa shape index (κ2) is 14.9. The molecule has 3 N–H and O–H groups in total. The molecule has 208 valence electrons. The largest absolute Gasteiger partial charge is 0.295 e. The van der Waals surface area contributed by atoms with E-state index in [0.717, 1.165) is 26.0 Å². The average Bonchev–Trinajstić information content (AvgIpc) is 3.38. The predicted molar refractivity (Wildman–Crippen MR) is 164 cm³/mol. The van der Waals surface area contributed by atoms with Crippen molar-refractivity contribution in [1.82, 2.24) is 14.0 Å². The molecule has 0 aromatic heterocycles. The van der Waals surface area contributed by atoms with Gasteiger partial charge in [-0.25, -0.2) is 15.1 Å². The molecule has 0 fully saturated rings. The second-order valence-corrected chi connectivity index (χ2v) is 11.7. The van der Waals surface area contributed by atoms with Gasteiger partial charge in [-0.3, -0.25) is 4.72 Å². The number of hydrogen-bond donors (Lipinski definition) is 2. The van der Waals surface area contributed by atoms with E-state index in [0.29, 0.717) is 22.5 Å². The van der Waals surface area contributed by atoms with Crippen molar-refractivity contribution in [2.45, 2.75) is 10.8 Å². The fourth-order valence-corrected chi connectivity index (χ4v) is 4.90. The summed E-state index contributed by atoms with van der Waals surface area (Å²) in [6.45, 7) is 0.855. The van der Waals surface area contributed by atoms with Gasteiger partial charge in [0.15, 0.2) is 0 Å². The molecule has 3 aromatic carbocycles. The van der Waals surface area contributed by atoms with Gasteiger partial charge >= 0.3 is 0 Å². The Balaban J connectivity index is 0.00000205. The van der Waals surface area contributed by atoms with Gasteiger partial charge in [-0.15, -0.1) is 11.6 Å². The van der Waals surface area contributed by atoms with Crippen molar-refractivity contribution in [1.29, 1.82) is 0 Å². The van der Waals surface area contributed by atoms with Crippen LogP contribution in [0.4, 0.5) is 0 Å². The average molecular weight is 628 g/mol. The number of hydrogen-bond acceptors (Lipinski definition) is 5. The van der Waals surface area contributed by atoms with Crippen molar-refractivity contribution in [3.63, 3.8) is 0 Å². The molecule has 1 heterocycles. The van der Waals surface area contributed by atoms with Gasteiger partial charge in [0.05, 0.1) is 18.8 Å². The van der Waals surface area contributed by atoms with Crippen LogP contribution in [-0.4, -0.2) is 62.5 Å². The lowest BCUT2D eigenvalue weighted by atomic mass is 9.91. The molecule has 4 rings (SSSR count). The summed E-state index contributed by atoms with van der Waals surface area (Å²) in [5.74, 6) is 0.481. The number of hydrazone groups is 1. The molecule has 1 aliphatic rings. The molecule has 0 spiro atoms. The minimum Gasteiger partial charge on any atom is -0.295 e. The van der Waals surface area contributed by atoms with E-state index in [1.165, 1.54) is 25.4 Å². The molecule has 3 aromatic rings. The summed E-state index contributed by atoms with van der Waals surface area (Å²) in [5.41, 5.74) is 2.97. The molecule has 0 radical (unpaired) electrons. The van der Waals surface area contributed by atoms with E-state index < -0.39 is 10.2 Å². The first-order valence-electron chi connectivity index (χ1n) is 11.7. The fourth-order valence-electron chi connectivity index (χ4n) is 3.66. The Bertz CT molecular complexity index is 1370. The third-order valence-electron chi connectivity index (χ3n) is 5.69. The molecule has 0 saturated heterocycles. The summed E-state index contributed by atoms with van der Waals surface area (Å²) in [6, 6.07) is 25.1. The normalized spacial score (nSPS) is 15.6. The maximum absolute atomic E-state index is 11.6. The van der Waals surface area contributed by atoms with Gasteiger partial charge in [0.2, 0.25) is 5.96 Å². The highest BCUT2D eigenvalue weighted by molar-refractivity contribution is 7.98. The quantitative estimate of drug-likeness (QED) is 0.150. The number of halogens is 3. The van der Waals surface area contributed by atoms with Crippen molar-refractivity contribution in [2.24, 2.45) is 15.2 Å². The number of benzene rings is 3. The Kier molecular flexibility index (Phi) is 11.9. The van der Waals surface area contributed by atoms with E-state index in [9.17, 15) is 8.42 Å². The van der Waals surface area contributed by atoms with E-state index in [-0.39, 0.29) is 19.0 Å². The third kappa shape index (κ3) is 9.11. The van der Waals surface area contributed by atoms with Gasteiger partial charge in [0, 0.05) is 40.8 Å². The van der Waals surface area contributed by atoms with Gasteiger partial charge in [-0.1, -0.05) is 65.7 Å². The smallest absolute Gasteiger partial charge is 0.276 e. The zero-order valence-electron chi connectivity index (χ0n) is 21.3. The Morgan fingerprint density at radius 3 is 2.23 bits per heavy atom. The van der Waals surface area contributed by atoms with Crippen LogP contribution in [0, 0.1) is 0 Å². The SMILES string of the molecule is CCl.CN(CCN=C(NSc1ccc(Cl)cc1)N1CC(c2ccccc2)C(c2ccc(Cl)cc2)=N1)S(N)(=O)=O. The van der Waals surface area contributed by atoms with Gasteiger partial charge in [0.25, 0.3) is 10.2 Å². The molecule has 1 atom stereocenters. The highest BCUT2D eigenvalue weighted by atomic mass is 35.5. The summed E-state index contributed by atoms with van der Waals surface area (Å²) in [7, 11) is -2.38. The van der Waals surface area contributed by atoms with Crippen LogP contribution in [0.3, 0.4) is 0 Å². The molecule has 0 bridgehead atoms. The highest BCUT2D eigenvalue weighted by Gasteiger charge is 2.31. The first kappa shape index (κ1) is 31.2. The zero-order chi connectivity index (χ0) is 28.4. The molecule has 13 heteroatoms. The van der Waals surface area contributed by atoms with Gasteiger partial charge in [0.1, 0.15) is 0 Å². The number of nitrogens with two attached hydrogens (primary N) is 1. The van der Waals surface area contributed by atoms with Gasteiger partial charge in [-0.05, 0) is 59.5 Å². The summed E-state index contributed by atoms with van der Waals surface area (Å²) >= 11 is 18.1. The first-order valence-corrected chi connectivity index (χ1v) is 15.6. The lowest BCUT2D eigenvalue weighted by Gasteiger charge is -2.20. The standard InChI is InChI=1S/C25H26Cl2N6O2S2.CH3Cl/c1-32(37(28,34)35)16-15-29-25(31-36-22-13-11-21(27)12-14-22)33-17-23(18-5-3-2-4-6-18)24(30-33)19-7-9-20(26)10-8-19;1-2/h2-14,23H,15-17H2,1H3,(H,29,31)(H2,28,34,35);1H3. The summed E-state index contributed by atoms with van der Waals surface area (Å²) < 4.78 is 27.6. The molecule has 8 nitrogen and oxygen atoms in total. The summed E-state index contributed by atoms with van der Waals surface area (Å²) in [6.07, 6.45) is 1.47. The van der Waals surface area contributed by atoms with Crippen LogP contribution in [0.25, 0.3) is 0 Å². The molecule has 1 unspecified atom stereocenters. The van der Waals surface area contributed by atoms with Crippen molar-refractivity contribution < 1.29 is 8.42 Å². The minimum absolute atomic E-state index is 0.0120. The van der Waals surface area contributed by atoms with Crippen molar-refractivity contribution >= 4 is 68.6 Å².